The first-order valence-electron chi connectivity index (χ1n) is 27.0. The standard InChI is InChI=1S/C54H84N8O14S2/c1-11-33(6)48(61(8)54(69)47(32(4)5)58-53(68)46(31(2)3)56-30-76-38-20-16-35(17-21-38)27-41(55)51(66)59-77(70,71)39-22-23-39)44(74-9)29-45(64)62-26-12-13-43(62)49(75-10)34(7)50(65)57-42(28-36-14-18-37(63)19-15-36)52(67)60-78(72,73)40-24-25-40/h14-21,31-34,39-44,46-49,56,63H,11-13,22-30,55H2,1-10H3,(H,57,65)(H,58,68)(H,59,66)(H,60,67)/t33-,34+,41-,42-,43-,44+,46-,47-,48-,49+/m0/s1. The van der Waals surface area contributed by atoms with E-state index >= 15 is 0 Å². The van der Waals surface area contributed by atoms with Gasteiger partial charge in [-0.15, -0.1) is 0 Å². The first-order chi connectivity index (χ1) is 36.7. The van der Waals surface area contributed by atoms with Gasteiger partial charge in [0.15, 0.2) is 0 Å². The number of hydrogen-bond acceptors (Lipinski definition) is 16. The van der Waals surface area contributed by atoms with Crippen LogP contribution in [-0.4, -0.2) is 161 Å². The first kappa shape index (κ1) is 63.4. The van der Waals surface area contributed by atoms with Crippen molar-refractivity contribution in [2.75, 3.05) is 34.5 Å². The van der Waals surface area contributed by atoms with Crippen LogP contribution in [0.25, 0.3) is 0 Å². The number of sulfonamides is 2. The van der Waals surface area contributed by atoms with E-state index in [9.17, 15) is 50.7 Å². The second-order valence-corrected chi connectivity index (χ2v) is 25.8. The van der Waals surface area contributed by atoms with Crippen LogP contribution in [-0.2, 0) is 71.1 Å². The van der Waals surface area contributed by atoms with Gasteiger partial charge in [-0.2, -0.15) is 0 Å². The maximum absolute atomic E-state index is 14.7. The van der Waals surface area contributed by atoms with E-state index in [2.05, 4.69) is 25.4 Å². The van der Waals surface area contributed by atoms with Crippen LogP contribution in [0.1, 0.15) is 111 Å². The summed E-state index contributed by atoms with van der Waals surface area (Å²) in [6, 6.07) is 7.46. The summed E-state index contributed by atoms with van der Waals surface area (Å²) in [7, 11) is -3.09. The van der Waals surface area contributed by atoms with Crippen LogP contribution >= 0.6 is 0 Å². The summed E-state index contributed by atoms with van der Waals surface area (Å²) in [6.45, 7) is 13.2. The van der Waals surface area contributed by atoms with E-state index in [0.717, 1.165) is 0 Å². The fourth-order valence-corrected chi connectivity index (χ4v) is 12.6. The average molecular weight is 1130 g/mol. The van der Waals surface area contributed by atoms with E-state index in [1.807, 2.05) is 41.5 Å². The molecule has 10 atom stereocenters. The molecule has 0 spiro atoms. The van der Waals surface area contributed by atoms with Crippen LogP contribution in [0.2, 0.25) is 0 Å². The quantitative estimate of drug-likeness (QED) is 0.0533. The normalized spacial score (nSPS) is 19.3. The average Bonchev–Trinajstić information content (AvgIpc) is 4.35. The number of carbonyl (C=O) groups is 6. The van der Waals surface area contributed by atoms with E-state index in [1.54, 1.807) is 60.2 Å². The molecule has 1 saturated heterocycles. The van der Waals surface area contributed by atoms with Crippen LogP contribution < -0.4 is 35.9 Å². The molecule has 3 fully saturated rings. The van der Waals surface area contributed by atoms with Crippen molar-refractivity contribution in [3.8, 4) is 11.5 Å². The van der Waals surface area contributed by atoms with Crippen molar-refractivity contribution < 1.29 is 64.9 Å². The smallest absolute Gasteiger partial charge is 0.256 e. The summed E-state index contributed by atoms with van der Waals surface area (Å²) < 4.78 is 72.0. The molecule has 78 heavy (non-hydrogen) atoms. The van der Waals surface area contributed by atoms with Gasteiger partial charge in [0, 0.05) is 34.2 Å². The highest BCUT2D eigenvalue weighted by atomic mass is 32.2. The van der Waals surface area contributed by atoms with E-state index < -0.39 is 109 Å². The van der Waals surface area contributed by atoms with Crippen LogP contribution in [0, 0.1) is 23.7 Å². The highest BCUT2D eigenvalue weighted by molar-refractivity contribution is 7.91. The molecule has 2 aliphatic carbocycles. The number of rotatable bonds is 31. The number of nitrogens with one attached hydrogen (secondary N) is 5. The van der Waals surface area contributed by atoms with Crippen LogP contribution in [0.15, 0.2) is 48.5 Å². The predicted molar refractivity (Wildman–Crippen MR) is 292 cm³/mol. The monoisotopic (exact) mass is 1130 g/mol. The van der Waals surface area contributed by atoms with Crippen molar-refractivity contribution in [2.45, 2.75) is 172 Å². The van der Waals surface area contributed by atoms with Gasteiger partial charge >= 0.3 is 0 Å². The predicted octanol–water partition coefficient (Wildman–Crippen LogP) is 2.22. The number of benzene rings is 2. The van der Waals surface area contributed by atoms with E-state index in [4.69, 9.17) is 19.9 Å². The summed E-state index contributed by atoms with van der Waals surface area (Å²) in [5, 5.41) is 17.5. The van der Waals surface area contributed by atoms with Crippen molar-refractivity contribution in [1.82, 2.24) is 35.2 Å². The van der Waals surface area contributed by atoms with E-state index in [0.29, 0.717) is 68.4 Å². The summed E-state index contributed by atoms with van der Waals surface area (Å²) in [6.07, 6.45) is 1.91. The lowest BCUT2D eigenvalue weighted by atomic mass is 9.89. The molecule has 22 nitrogen and oxygen atoms in total. The number of hydrogen-bond donors (Lipinski definition) is 7. The Hall–Kier alpha value is -5.40. The number of nitrogens with two attached hydrogens (primary N) is 1. The molecular formula is C54H84N8O14S2. The van der Waals surface area contributed by atoms with Gasteiger partial charge in [0.1, 0.15) is 30.3 Å². The third kappa shape index (κ3) is 17.3. The molecule has 0 aromatic heterocycles. The maximum Gasteiger partial charge on any atom is 0.256 e. The molecule has 0 radical (unpaired) electrons. The molecule has 5 rings (SSSR count). The van der Waals surface area contributed by atoms with Gasteiger partial charge in [0.05, 0.1) is 59.2 Å². The number of amides is 6. The number of methoxy groups -OCH3 is 2. The molecule has 2 aromatic rings. The topological polar surface area (TPSA) is 311 Å². The molecule has 1 aliphatic heterocycles. The van der Waals surface area contributed by atoms with Crippen molar-refractivity contribution in [1.29, 1.82) is 0 Å². The maximum atomic E-state index is 14.7. The molecule has 0 bridgehead atoms. The Morgan fingerprint density at radius 1 is 0.731 bits per heavy atom. The highest BCUT2D eigenvalue weighted by Gasteiger charge is 2.45. The van der Waals surface area contributed by atoms with Crippen molar-refractivity contribution >= 4 is 55.5 Å². The lowest BCUT2D eigenvalue weighted by molar-refractivity contribution is -0.148. The number of phenolic OH excluding ortho intramolecular Hbond substituents is 1. The molecule has 8 N–H and O–H groups in total. The highest BCUT2D eigenvalue weighted by Crippen LogP contribution is 2.31. The van der Waals surface area contributed by atoms with Crippen molar-refractivity contribution in [3.63, 3.8) is 0 Å². The van der Waals surface area contributed by atoms with Crippen LogP contribution in [0.5, 0.6) is 11.5 Å². The molecule has 2 saturated carbocycles. The molecule has 6 amide bonds. The minimum absolute atomic E-state index is 0.00454. The summed E-state index contributed by atoms with van der Waals surface area (Å²) in [5.41, 5.74) is 7.26. The minimum Gasteiger partial charge on any atom is -0.508 e. The zero-order chi connectivity index (χ0) is 57.8. The molecule has 24 heteroatoms. The SMILES string of the molecule is CC[C@H](C)[C@@H]([C@@H](CC(=O)N1CCC[C@H]1[C@H](OC)[C@@H](C)C(=O)N[C@@H](Cc1ccc(O)cc1)C(=O)NS(=O)(=O)C1CC1)OC)N(C)C(=O)[C@@H](NC(=O)[C@@H](NCOc1ccc(C[C@H](N)C(=O)NS(=O)(=O)C2CC2)cc1)C(C)C)C(C)C. The van der Waals surface area contributed by atoms with Crippen molar-refractivity contribution in [3.05, 3.63) is 59.7 Å². The Bertz CT molecular complexity index is 2600. The number of ether oxygens (including phenoxy) is 3. The molecule has 3 aliphatic rings. The minimum atomic E-state index is -3.94. The Morgan fingerprint density at radius 3 is 1.81 bits per heavy atom. The number of carbonyl (C=O) groups excluding carboxylic acids is 6. The molecule has 436 valence electrons. The van der Waals surface area contributed by atoms with Crippen LogP contribution in [0.3, 0.4) is 0 Å². The summed E-state index contributed by atoms with van der Waals surface area (Å²) >= 11 is 0. The Labute approximate surface area is 460 Å². The van der Waals surface area contributed by atoms with Crippen molar-refractivity contribution in [2.24, 2.45) is 29.4 Å². The third-order valence-corrected chi connectivity index (χ3v) is 18.8. The fraction of sp³-hybridized carbons (Fsp3) is 0.667. The Morgan fingerprint density at radius 2 is 1.28 bits per heavy atom. The van der Waals surface area contributed by atoms with Gasteiger partial charge < -0.3 is 45.5 Å². The van der Waals surface area contributed by atoms with Gasteiger partial charge in [-0.25, -0.2) is 16.8 Å². The van der Waals surface area contributed by atoms with Gasteiger partial charge in [-0.1, -0.05) is 79.2 Å². The first-order valence-corrected chi connectivity index (χ1v) is 30.1. The zero-order valence-corrected chi connectivity index (χ0v) is 48.4. The summed E-state index contributed by atoms with van der Waals surface area (Å²) in [4.78, 5) is 86.5. The molecule has 2 aromatic carbocycles. The fourth-order valence-electron chi connectivity index (χ4n) is 9.93. The van der Waals surface area contributed by atoms with Crippen LogP contribution in [0.4, 0.5) is 0 Å². The molecular weight excluding hydrogens is 1050 g/mol. The third-order valence-electron chi connectivity index (χ3n) is 15.1. The van der Waals surface area contributed by atoms with Gasteiger partial charge in [-0.3, -0.25) is 43.5 Å². The second-order valence-electron chi connectivity index (χ2n) is 21.8. The number of aromatic hydroxyl groups is 1. The lowest BCUT2D eigenvalue weighted by Crippen LogP contribution is -2.60. The Kier molecular flexibility index (Phi) is 22.9. The number of likely N-dealkylation sites (N-methyl/N-ethyl adjacent to an activating group) is 1. The zero-order valence-electron chi connectivity index (χ0n) is 46.7. The van der Waals surface area contributed by atoms with Gasteiger partial charge in [-0.05, 0) is 98.1 Å². The van der Waals surface area contributed by atoms with E-state index in [1.165, 1.54) is 26.4 Å². The second kappa shape index (κ2) is 28.1. The number of likely N-dealkylation sites (tertiary alicyclic amines) is 1. The number of phenols is 1. The molecule has 1 heterocycles. The van der Waals surface area contributed by atoms with E-state index in [-0.39, 0.29) is 61.3 Å². The molecule has 0 unspecified atom stereocenters. The van der Waals surface area contributed by atoms with Gasteiger partial charge in [0.25, 0.3) is 11.8 Å². The number of nitrogens with zero attached hydrogens (tertiary/aromatic N) is 2. The summed E-state index contributed by atoms with van der Waals surface area (Å²) in [5.74, 6) is -4.55. The van der Waals surface area contributed by atoms with Gasteiger partial charge in [0.2, 0.25) is 43.7 Å². The lowest BCUT2D eigenvalue weighted by Gasteiger charge is -2.41. The Balaban J connectivity index is 1.21. The largest absolute Gasteiger partial charge is 0.508 e.